The highest BCUT2D eigenvalue weighted by Gasteiger charge is 2.26. The zero-order valence-corrected chi connectivity index (χ0v) is 16.9. The Hall–Kier alpha value is -3.02. The molecule has 1 fully saturated rings. The molecule has 1 N–H and O–H groups in total. The smallest absolute Gasteiger partial charge is 0.224 e. The summed E-state index contributed by atoms with van der Waals surface area (Å²) < 4.78 is 3.45. The third-order valence-corrected chi connectivity index (χ3v) is 5.75. The lowest BCUT2D eigenvalue weighted by Gasteiger charge is -2.32. The van der Waals surface area contributed by atoms with E-state index in [1.165, 1.54) is 12.7 Å². The van der Waals surface area contributed by atoms with Gasteiger partial charge < -0.3 is 14.8 Å². The maximum absolute atomic E-state index is 12.6. The van der Waals surface area contributed by atoms with Crippen LogP contribution in [0, 0.1) is 5.92 Å². The molecule has 1 aliphatic rings. The summed E-state index contributed by atoms with van der Waals surface area (Å²) in [4.78, 5) is 27.3. The number of nitrogens with zero attached hydrogens (tertiary/aromatic N) is 9. The minimum atomic E-state index is -0.0617. The normalized spacial score (nSPS) is 16.7. The van der Waals surface area contributed by atoms with Gasteiger partial charge in [0.1, 0.15) is 31.1 Å². The zero-order valence-electron chi connectivity index (χ0n) is 16.0. The Balaban J connectivity index is 1.30. The first kappa shape index (κ1) is 19.3. The molecule has 3 aromatic rings. The molecule has 4 heterocycles. The first-order chi connectivity index (χ1) is 14.2. The summed E-state index contributed by atoms with van der Waals surface area (Å²) in [6.07, 6.45) is 8.05. The lowest BCUT2D eigenvalue weighted by atomic mass is 9.97. The van der Waals surface area contributed by atoms with Crippen molar-refractivity contribution in [2.24, 2.45) is 13.0 Å². The average Bonchev–Trinajstić information content (AvgIpc) is 3.43. The van der Waals surface area contributed by atoms with Gasteiger partial charge in [-0.2, -0.15) is 5.10 Å². The Labute approximate surface area is 172 Å². The van der Waals surface area contributed by atoms with Gasteiger partial charge in [0.25, 0.3) is 0 Å². The van der Waals surface area contributed by atoms with Crippen molar-refractivity contribution in [3.8, 4) is 5.82 Å². The molecule has 0 aliphatic carbocycles. The van der Waals surface area contributed by atoms with Crippen molar-refractivity contribution in [3.05, 3.63) is 31.4 Å². The van der Waals surface area contributed by atoms with Gasteiger partial charge in [0.15, 0.2) is 11.0 Å². The summed E-state index contributed by atoms with van der Waals surface area (Å²) in [5.74, 6) is 2.22. The van der Waals surface area contributed by atoms with Gasteiger partial charge in [-0.1, -0.05) is 11.8 Å². The number of rotatable bonds is 7. The lowest BCUT2D eigenvalue weighted by Crippen LogP contribution is -2.43. The molecule has 1 atom stereocenters. The topological polar surface area (TPSA) is 120 Å². The average molecular weight is 414 g/mol. The van der Waals surface area contributed by atoms with Gasteiger partial charge in [0.05, 0.1) is 5.92 Å². The van der Waals surface area contributed by atoms with E-state index < -0.39 is 0 Å². The summed E-state index contributed by atoms with van der Waals surface area (Å²) in [6.45, 7) is 2.09. The van der Waals surface area contributed by atoms with E-state index in [-0.39, 0.29) is 11.8 Å². The van der Waals surface area contributed by atoms with E-state index in [1.54, 1.807) is 29.1 Å². The molecule has 4 rings (SSSR count). The molecule has 12 heteroatoms. The molecule has 0 radical (unpaired) electrons. The molecule has 0 spiro atoms. The van der Waals surface area contributed by atoms with Gasteiger partial charge in [-0.3, -0.25) is 4.79 Å². The maximum Gasteiger partial charge on any atom is 0.224 e. The molecule has 29 heavy (non-hydrogen) atoms. The summed E-state index contributed by atoms with van der Waals surface area (Å²) >= 11 is 1.57. The van der Waals surface area contributed by atoms with Crippen molar-refractivity contribution < 1.29 is 4.79 Å². The third kappa shape index (κ3) is 4.70. The highest BCUT2D eigenvalue weighted by atomic mass is 32.2. The van der Waals surface area contributed by atoms with E-state index in [0.717, 1.165) is 36.1 Å². The standard InChI is InChI=1S/C17H22N10OS/c1-25-12-22-24-17(25)29-6-4-19-16(28)13-3-2-5-26(8-13)14-7-15(21-10-20-14)27-11-18-9-23-27/h7,9-13H,2-6,8H2,1H3,(H,19,28). The van der Waals surface area contributed by atoms with E-state index in [4.69, 9.17) is 0 Å². The zero-order chi connectivity index (χ0) is 20.1. The van der Waals surface area contributed by atoms with Crippen molar-refractivity contribution in [3.63, 3.8) is 0 Å². The minimum Gasteiger partial charge on any atom is -0.356 e. The number of hydrogen-bond donors (Lipinski definition) is 1. The van der Waals surface area contributed by atoms with Crippen LogP contribution >= 0.6 is 11.8 Å². The number of aryl methyl sites for hydroxylation is 1. The molecule has 0 bridgehead atoms. The predicted octanol–water partition coefficient (Wildman–Crippen LogP) is 0.311. The molecular formula is C17H22N10OS. The van der Waals surface area contributed by atoms with Crippen LogP contribution in [0.3, 0.4) is 0 Å². The summed E-state index contributed by atoms with van der Waals surface area (Å²) in [6, 6.07) is 1.87. The second-order valence-electron chi connectivity index (χ2n) is 6.72. The number of amides is 1. The molecule has 1 unspecified atom stereocenters. The van der Waals surface area contributed by atoms with Crippen LogP contribution in [0.25, 0.3) is 5.82 Å². The molecule has 11 nitrogen and oxygen atoms in total. The first-order valence-corrected chi connectivity index (χ1v) is 10.4. The highest BCUT2D eigenvalue weighted by Crippen LogP contribution is 2.22. The Morgan fingerprint density at radius 3 is 2.97 bits per heavy atom. The van der Waals surface area contributed by atoms with Gasteiger partial charge in [0, 0.05) is 38.5 Å². The van der Waals surface area contributed by atoms with E-state index in [1.807, 2.05) is 17.7 Å². The molecular weight excluding hydrogens is 392 g/mol. The number of hydrogen-bond acceptors (Lipinski definition) is 9. The molecule has 1 amide bonds. The Kier molecular flexibility index (Phi) is 5.98. The quantitative estimate of drug-likeness (QED) is 0.430. The fraction of sp³-hybridized carbons (Fsp3) is 0.471. The highest BCUT2D eigenvalue weighted by molar-refractivity contribution is 7.99. The second kappa shape index (κ2) is 8.99. The van der Waals surface area contributed by atoms with Crippen molar-refractivity contribution in [2.45, 2.75) is 18.0 Å². The van der Waals surface area contributed by atoms with Crippen molar-refractivity contribution in [1.29, 1.82) is 0 Å². The molecule has 3 aromatic heterocycles. The van der Waals surface area contributed by atoms with Crippen LogP contribution in [0.15, 0.2) is 36.5 Å². The van der Waals surface area contributed by atoms with Crippen LogP contribution in [0.2, 0.25) is 0 Å². The van der Waals surface area contributed by atoms with E-state index in [9.17, 15) is 4.79 Å². The largest absolute Gasteiger partial charge is 0.356 e. The van der Waals surface area contributed by atoms with Gasteiger partial charge in [-0.15, -0.1) is 10.2 Å². The maximum atomic E-state index is 12.6. The second-order valence-corrected chi connectivity index (χ2v) is 7.79. The summed E-state index contributed by atoms with van der Waals surface area (Å²) in [5, 5.41) is 15.9. The fourth-order valence-corrected chi connectivity index (χ4v) is 3.97. The summed E-state index contributed by atoms with van der Waals surface area (Å²) in [5.41, 5.74) is 0. The Morgan fingerprint density at radius 2 is 2.17 bits per heavy atom. The minimum absolute atomic E-state index is 0.0617. The molecule has 1 saturated heterocycles. The number of carbonyl (C=O) groups is 1. The van der Waals surface area contributed by atoms with Crippen LogP contribution in [0.4, 0.5) is 5.82 Å². The predicted molar refractivity (Wildman–Crippen MR) is 107 cm³/mol. The lowest BCUT2D eigenvalue weighted by molar-refractivity contribution is -0.125. The van der Waals surface area contributed by atoms with Crippen LogP contribution in [-0.4, -0.2) is 70.8 Å². The van der Waals surface area contributed by atoms with Crippen LogP contribution in [-0.2, 0) is 11.8 Å². The first-order valence-electron chi connectivity index (χ1n) is 9.37. The number of aromatic nitrogens is 8. The van der Waals surface area contributed by atoms with Crippen molar-refractivity contribution in [1.82, 2.24) is 44.8 Å². The number of anilines is 1. The Bertz CT molecular complexity index is 943. The number of piperidine rings is 1. The van der Waals surface area contributed by atoms with E-state index in [0.29, 0.717) is 18.9 Å². The van der Waals surface area contributed by atoms with Gasteiger partial charge in [-0.05, 0) is 12.8 Å². The van der Waals surface area contributed by atoms with Crippen LogP contribution < -0.4 is 10.2 Å². The summed E-state index contributed by atoms with van der Waals surface area (Å²) in [7, 11) is 1.90. The van der Waals surface area contributed by atoms with E-state index in [2.05, 4.69) is 40.5 Å². The SMILES string of the molecule is Cn1cnnc1SCCNC(=O)C1CCCN(c2cc(-n3cncn3)ncn2)C1. The van der Waals surface area contributed by atoms with Gasteiger partial charge in [0.2, 0.25) is 5.91 Å². The fourth-order valence-electron chi connectivity index (χ4n) is 3.23. The number of carbonyl (C=O) groups excluding carboxylic acids is 1. The molecule has 152 valence electrons. The number of thioether (sulfide) groups is 1. The third-order valence-electron chi connectivity index (χ3n) is 4.71. The Morgan fingerprint density at radius 1 is 1.28 bits per heavy atom. The van der Waals surface area contributed by atoms with Gasteiger partial charge >= 0.3 is 0 Å². The molecule has 1 aliphatic heterocycles. The van der Waals surface area contributed by atoms with Crippen LogP contribution in [0.5, 0.6) is 0 Å². The van der Waals surface area contributed by atoms with Gasteiger partial charge in [-0.25, -0.2) is 19.6 Å². The molecule has 0 aromatic carbocycles. The van der Waals surface area contributed by atoms with E-state index >= 15 is 0 Å². The number of nitrogens with one attached hydrogen (secondary N) is 1. The van der Waals surface area contributed by atoms with Crippen molar-refractivity contribution >= 4 is 23.5 Å². The van der Waals surface area contributed by atoms with Crippen LogP contribution in [0.1, 0.15) is 12.8 Å². The monoisotopic (exact) mass is 414 g/mol. The van der Waals surface area contributed by atoms with Crippen molar-refractivity contribution in [2.75, 3.05) is 30.3 Å². The molecule has 0 saturated carbocycles.